The fraction of sp³-hybridized carbons (Fsp3) is 0.308. The molecule has 0 fully saturated rings. The van der Waals surface area contributed by atoms with Crippen LogP contribution in [0.25, 0.3) is 5.69 Å². The Morgan fingerprint density at radius 2 is 2.30 bits per heavy atom. The first-order valence-corrected chi connectivity index (χ1v) is 6.11. The molecular formula is C13H14FN3O3. The standard InChI is InChI=1S/C13H14FN3O3/c1-3-19-12(18)9(2)20-13-15-8-17(16-13)11-6-4-5-10(14)7-11/h4-9H,3H2,1-2H3. The van der Waals surface area contributed by atoms with Gasteiger partial charge in [0.05, 0.1) is 12.3 Å². The van der Waals surface area contributed by atoms with Crippen LogP contribution in [-0.4, -0.2) is 33.4 Å². The fourth-order valence-corrected chi connectivity index (χ4v) is 1.51. The second kappa shape index (κ2) is 6.14. The Bertz CT molecular complexity index is 600. The average Bonchev–Trinajstić information content (AvgIpc) is 2.87. The van der Waals surface area contributed by atoms with Crippen molar-refractivity contribution >= 4 is 5.97 Å². The highest BCUT2D eigenvalue weighted by Crippen LogP contribution is 2.11. The maximum Gasteiger partial charge on any atom is 0.347 e. The molecule has 0 bridgehead atoms. The van der Waals surface area contributed by atoms with Crippen molar-refractivity contribution < 1.29 is 18.7 Å². The van der Waals surface area contributed by atoms with E-state index in [9.17, 15) is 9.18 Å². The second-order valence-corrected chi connectivity index (χ2v) is 3.96. The van der Waals surface area contributed by atoms with Gasteiger partial charge in [0, 0.05) is 0 Å². The quantitative estimate of drug-likeness (QED) is 0.780. The summed E-state index contributed by atoms with van der Waals surface area (Å²) in [6.45, 7) is 3.53. The Labute approximate surface area is 115 Å². The van der Waals surface area contributed by atoms with Crippen molar-refractivity contribution in [1.29, 1.82) is 0 Å². The van der Waals surface area contributed by atoms with Gasteiger partial charge in [-0.15, -0.1) is 5.10 Å². The van der Waals surface area contributed by atoms with E-state index < -0.39 is 12.1 Å². The van der Waals surface area contributed by atoms with Gasteiger partial charge in [0.1, 0.15) is 12.1 Å². The number of nitrogens with zero attached hydrogens (tertiary/aromatic N) is 3. The summed E-state index contributed by atoms with van der Waals surface area (Å²) in [5.41, 5.74) is 0.510. The molecule has 0 saturated carbocycles. The molecule has 6 nitrogen and oxygen atoms in total. The zero-order valence-electron chi connectivity index (χ0n) is 11.1. The van der Waals surface area contributed by atoms with Crippen LogP contribution in [0.15, 0.2) is 30.6 Å². The Hall–Kier alpha value is -2.44. The van der Waals surface area contributed by atoms with E-state index in [1.165, 1.54) is 23.1 Å². The highest BCUT2D eigenvalue weighted by Gasteiger charge is 2.17. The van der Waals surface area contributed by atoms with Crippen molar-refractivity contribution in [2.24, 2.45) is 0 Å². The van der Waals surface area contributed by atoms with Crippen LogP contribution in [0.5, 0.6) is 6.01 Å². The van der Waals surface area contributed by atoms with E-state index in [1.54, 1.807) is 26.0 Å². The number of carbonyl (C=O) groups excluding carboxylic acids is 1. The summed E-state index contributed by atoms with van der Waals surface area (Å²) in [5, 5.41) is 4.01. The van der Waals surface area contributed by atoms with Crippen molar-refractivity contribution in [1.82, 2.24) is 14.8 Å². The van der Waals surface area contributed by atoms with Gasteiger partial charge in [-0.05, 0) is 32.0 Å². The molecule has 0 aliphatic rings. The van der Waals surface area contributed by atoms with E-state index in [0.29, 0.717) is 5.69 Å². The first-order valence-electron chi connectivity index (χ1n) is 6.11. The highest BCUT2D eigenvalue weighted by atomic mass is 19.1. The van der Waals surface area contributed by atoms with Crippen LogP contribution in [0.2, 0.25) is 0 Å². The van der Waals surface area contributed by atoms with Gasteiger partial charge in [-0.3, -0.25) is 0 Å². The third-order valence-electron chi connectivity index (χ3n) is 2.44. The average molecular weight is 279 g/mol. The van der Waals surface area contributed by atoms with E-state index in [2.05, 4.69) is 10.1 Å². The third-order valence-corrected chi connectivity index (χ3v) is 2.44. The smallest absolute Gasteiger partial charge is 0.347 e. The van der Waals surface area contributed by atoms with Gasteiger partial charge in [-0.1, -0.05) is 6.07 Å². The zero-order chi connectivity index (χ0) is 14.5. The van der Waals surface area contributed by atoms with Crippen LogP contribution in [0.4, 0.5) is 4.39 Å². The number of halogens is 1. The Balaban J connectivity index is 2.08. The number of carbonyl (C=O) groups is 1. The lowest BCUT2D eigenvalue weighted by molar-refractivity contribution is -0.150. The molecule has 0 amide bonds. The minimum absolute atomic E-state index is 0.0230. The van der Waals surface area contributed by atoms with Crippen LogP contribution in [0.1, 0.15) is 13.8 Å². The molecule has 0 aliphatic heterocycles. The number of aromatic nitrogens is 3. The largest absolute Gasteiger partial charge is 0.463 e. The molecule has 0 N–H and O–H groups in total. The van der Waals surface area contributed by atoms with Crippen molar-refractivity contribution in [2.75, 3.05) is 6.61 Å². The van der Waals surface area contributed by atoms with Gasteiger partial charge in [0.25, 0.3) is 0 Å². The molecule has 1 atom stereocenters. The molecule has 20 heavy (non-hydrogen) atoms. The molecule has 0 radical (unpaired) electrons. The number of benzene rings is 1. The Morgan fingerprint density at radius 3 is 3.00 bits per heavy atom. The molecule has 1 unspecified atom stereocenters. The number of ether oxygens (including phenoxy) is 2. The van der Waals surface area contributed by atoms with Gasteiger partial charge in [0.2, 0.25) is 0 Å². The molecule has 2 rings (SSSR count). The Kier molecular flexibility index (Phi) is 4.29. The van der Waals surface area contributed by atoms with Crippen LogP contribution in [0, 0.1) is 5.82 Å². The number of hydrogen-bond acceptors (Lipinski definition) is 5. The Morgan fingerprint density at radius 1 is 1.50 bits per heavy atom. The summed E-state index contributed by atoms with van der Waals surface area (Å²) >= 11 is 0. The third kappa shape index (κ3) is 3.31. The lowest BCUT2D eigenvalue weighted by Gasteiger charge is -2.09. The van der Waals surface area contributed by atoms with E-state index in [1.807, 2.05) is 0 Å². The molecule has 1 aromatic carbocycles. The first kappa shape index (κ1) is 14.0. The van der Waals surface area contributed by atoms with Crippen LogP contribution >= 0.6 is 0 Å². The summed E-state index contributed by atoms with van der Waals surface area (Å²) < 4.78 is 24.5. The van der Waals surface area contributed by atoms with Gasteiger partial charge in [0.15, 0.2) is 6.10 Å². The monoisotopic (exact) mass is 279 g/mol. The van der Waals surface area contributed by atoms with Crippen LogP contribution in [-0.2, 0) is 9.53 Å². The predicted octanol–water partition coefficient (Wildman–Crippen LogP) is 1.74. The van der Waals surface area contributed by atoms with Crippen molar-refractivity contribution in [3.8, 4) is 11.7 Å². The van der Waals surface area contributed by atoms with E-state index in [4.69, 9.17) is 9.47 Å². The number of rotatable bonds is 5. The maximum atomic E-state index is 13.1. The molecule has 7 heteroatoms. The lowest BCUT2D eigenvalue weighted by atomic mass is 10.3. The predicted molar refractivity (Wildman–Crippen MR) is 68.0 cm³/mol. The topological polar surface area (TPSA) is 66.2 Å². The molecular weight excluding hydrogens is 265 g/mol. The maximum absolute atomic E-state index is 13.1. The molecule has 0 aliphatic carbocycles. The lowest BCUT2D eigenvalue weighted by Crippen LogP contribution is -2.26. The summed E-state index contributed by atoms with van der Waals surface area (Å²) in [7, 11) is 0. The van der Waals surface area contributed by atoms with Crippen molar-refractivity contribution in [2.45, 2.75) is 20.0 Å². The minimum atomic E-state index is -0.807. The molecule has 106 valence electrons. The van der Waals surface area contributed by atoms with E-state index in [0.717, 1.165) is 0 Å². The SMILES string of the molecule is CCOC(=O)C(C)Oc1ncn(-c2cccc(F)c2)n1. The summed E-state index contributed by atoms with van der Waals surface area (Å²) in [6, 6.07) is 5.91. The van der Waals surface area contributed by atoms with Crippen molar-refractivity contribution in [3.05, 3.63) is 36.4 Å². The summed E-state index contributed by atoms with van der Waals surface area (Å²) in [5.74, 6) is -0.866. The normalized spacial score (nSPS) is 11.9. The van der Waals surface area contributed by atoms with Gasteiger partial charge >= 0.3 is 12.0 Å². The molecule has 0 saturated heterocycles. The van der Waals surface area contributed by atoms with Gasteiger partial charge < -0.3 is 9.47 Å². The summed E-state index contributed by atoms with van der Waals surface area (Å²) in [6.07, 6.45) is 0.570. The fourth-order valence-electron chi connectivity index (χ4n) is 1.51. The van der Waals surface area contributed by atoms with E-state index >= 15 is 0 Å². The molecule has 0 spiro atoms. The van der Waals surface area contributed by atoms with Gasteiger partial charge in [-0.25, -0.2) is 13.9 Å². The number of hydrogen-bond donors (Lipinski definition) is 0. The second-order valence-electron chi connectivity index (χ2n) is 3.96. The molecule has 1 aromatic heterocycles. The van der Waals surface area contributed by atoms with Gasteiger partial charge in [-0.2, -0.15) is 4.98 Å². The minimum Gasteiger partial charge on any atom is -0.463 e. The number of esters is 1. The highest BCUT2D eigenvalue weighted by molar-refractivity contribution is 5.74. The van der Waals surface area contributed by atoms with Crippen LogP contribution in [0.3, 0.4) is 0 Å². The van der Waals surface area contributed by atoms with E-state index in [-0.39, 0.29) is 18.4 Å². The first-order chi connectivity index (χ1) is 9.60. The zero-order valence-corrected chi connectivity index (χ0v) is 11.1. The van der Waals surface area contributed by atoms with Crippen molar-refractivity contribution in [3.63, 3.8) is 0 Å². The van der Waals surface area contributed by atoms with Crippen LogP contribution < -0.4 is 4.74 Å². The molecule has 1 heterocycles. The molecule has 2 aromatic rings. The summed E-state index contributed by atoms with van der Waals surface area (Å²) in [4.78, 5) is 15.3.